The number of aromatic nitrogens is 1. The zero-order valence-corrected chi connectivity index (χ0v) is 17.4. The Bertz CT molecular complexity index is 837. The van der Waals surface area contributed by atoms with Gasteiger partial charge in [-0.3, -0.25) is 9.69 Å². The van der Waals surface area contributed by atoms with Crippen LogP contribution in [0.1, 0.15) is 30.5 Å². The summed E-state index contributed by atoms with van der Waals surface area (Å²) in [4.78, 5) is 18.6. The molecule has 2 aromatic rings. The molecule has 1 fully saturated rings. The molecule has 8 heteroatoms. The Kier molecular flexibility index (Phi) is 6.97. The number of nitrogens with zero attached hydrogens (tertiary/aromatic N) is 1. The van der Waals surface area contributed by atoms with Crippen LogP contribution >= 0.6 is 0 Å². The van der Waals surface area contributed by atoms with Crippen molar-refractivity contribution in [3.8, 4) is 0 Å². The molecule has 30 heavy (non-hydrogen) atoms. The van der Waals surface area contributed by atoms with Crippen LogP contribution in [0.15, 0.2) is 36.5 Å². The summed E-state index contributed by atoms with van der Waals surface area (Å²) in [6.07, 6.45) is -1.63. The van der Waals surface area contributed by atoms with Crippen molar-refractivity contribution in [3.63, 3.8) is 0 Å². The van der Waals surface area contributed by atoms with E-state index in [-0.39, 0.29) is 5.91 Å². The minimum Gasteiger partial charge on any atom is -0.321 e. The molecule has 0 atom stereocenters. The number of amides is 1. The molecule has 5 nitrogen and oxygen atoms in total. The molecule has 162 valence electrons. The summed E-state index contributed by atoms with van der Waals surface area (Å²) in [7, 11) is 0. The standard InChI is InChI=1S/C22H27F3N4O/c1-3-16-6-5-7-17(4-2)21(16)27-20(30)15-28-10-12-29(13-11-28)19-9-8-18(14-26-19)22(23,24)25/h5-9,14H,3-4,10-13,15H2,1-2H3,(H,27,30)/p+2. The number of carbonyl (C=O) groups excluding carboxylic acids is 1. The number of aryl methyl sites for hydroxylation is 2. The number of aromatic amines is 1. The van der Waals surface area contributed by atoms with Gasteiger partial charge in [0.15, 0.2) is 6.54 Å². The molecular formula is C22H29F3N4O+2. The third kappa shape index (κ3) is 5.30. The number of nitrogens with one attached hydrogen (secondary N) is 3. The van der Waals surface area contributed by atoms with Gasteiger partial charge in [-0.25, -0.2) is 4.98 Å². The van der Waals surface area contributed by atoms with Crippen LogP contribution in [-0.4, -0.2) is 38.6 Å². The Morgan fingerprint density at radius 1 is 1.10 bits per heavy atom. The van der Waals surface area contributed by atoms with E-state index in [1.54, 1.807) is 0 Å². The van der Waals surface area contributed by atoms with Gasteiger partial charge in [-0.05, 0) is 30.0 Å². The lowest BCUT2D eigenvalue weighted by atomic mass is 10.0. The van der Waals surface area contributed by atoms with Crippen LogP contribution in [0.25, 0.3) is 0 Å². The van der Waals surface area contributed by atoms with Gasteiger partial charge in [-0.2, -0.15) is 13.2 Å². The lowest BCUT2D eigenvalue weighted by Gasteiger charge is -2.28. The highest BCUT2D eigenvalue weighted by atomic mass is 19.4. The monoisotopic (exact) mass is 422 g/mol. The number of alkyl halides is 3. The van der Waals surface area contributed by atoms with Crippen LogP contribution in [-0.2, 0) is 23.8 Å². The summed E-state index contributed by atoms with van der Waals surface area (Å²) in [5.41, 5.74) is 2.52. The highest BCUT2D eigenvalue weighted by Crippen LogP contribution is 2.28. The minimum absolute atomic E-state index is 0.00450. The van der Waals surface area contributed by atoms with Gasteiger partial charge in [0.25, 0.3) is 11.7 Å². The maximum absolute atomic E-state index is 12.7. The van der Waals surface area contributed by atoms with Gasteiger partial charge in [0.2, 0.25) is 0 Å². The average Bonchev–Trinajstić information content (AvgIpc) is 2.74. The topological polar surface area (TPSA) is 50.9 Å². The fourth-order valence-electron chi connectivity index (χ4n) is 3.84. The van der Waals surface area contributed by atoms with Crippen LogP contribution in [0.4, 0.5) is 24.7 Å². The van der Waals surface area contributed by atoms with Crippen molar-refractivity contribution < 1.29 is 27.8 Å². The van der Waals surface area contributed by atoms with Crippen molar-refractivity contribution >= 4 is 17.4 Å². The molecule has 0 radical (unpaired) electrons. The zero-order chi connectivity index (χ0) is 21.7. The molecular weight excluding hydrogens is 393 g/mol. The Morgan fingerprint density at radius 3 is 2.23 bits per heavy atom. The fraction of sp³-hybridized carbons (Fsp3) is 0.455. The van der Waals surface area contributed by atoms with Gasteiger partial charge >= 0.3 is 6.18 Å². The number of halogens is 3. The molecule has 3 N–H and O–H groups in total. The average molecular weight is 422 g/mol. The number of rotatable bonds is 6. The molecule has 1 aromatic carbocycles. The van der Waals surface area contributed by atoms with Crippen LogP contribution in [0.2, 0.25) is 0 Å². The second-order valence-electron chi connectivity index (χ2n) is 7.58. The van der Waals surface area contributed by atoms with Crippen molar-refractivity contribution in [1.29, 1.82) is 0 Å². The summed E-state index contributed by atoms with van der Waals surface area (Å²) in [5.74, 6) is 0.658. The Morgan fingerprint density at radius 2 is 1.73 bits per heavy atom. The normalized spacial score (nSPS) is 15.3. The van der Waals surface area contributed by atoms with Crippen molar-refractivity contribution in [2.24, 2.45) is 0 Å². The number of carbonyl (C=O) groups is 1. The number of benzene rings is 1. The van der Waals surface area contributed by atoms with Gasteiger partial charge in [-0.15, -0.1) is 0 Å². The number of H-pyrrole nitrogens is 1. The Balaban J connectivity index is 1.54. The van der Waals surface area contributed by atoms with E-state index in [1.807, 2.05) is 23.1 Å². The number of hydrogen-bond donors (Lipinski definition) is 2. The Labute approximate surface area is 174 Å². The number of hydrogen-bond acceptors (Lipinski definition) is 2. The summed E-state index contributed by atoms with van der Waals surface area (Å²) in [5, 5.41) is 3.11. The summed E-state index contributed by atoms with van der Waals surface area (Å²) in [6.45, 7) is 7.38. The van der Waals surface area contributed by atoms with Crippen LogP contribution < -0.4 is 20.1 Å². The summed E-state index contributed by atoms with van der Waals surface area (Å²) in [6, 6.07) is 8.67. The maximum atomic E-state index is 12.7. The van der Waals surface area contributed by atoms with Crippen molar-refractivity contribution in [2.45, 2.75) is 32.9 Å². The van der Waals surface area contributed by atoms with E-state index in [9.17, 15) is 18.0 Å². The van der Waals surface area contributed by atoms with E-state index in [0.717, 1.165) is 55.0 Å². The van der Waals surface area contributed by atoms with E-state index < -0.39 is 11.7 Å². The third-order valence-corrected chi connectivity index (χ3v) is 5.61. The first-order valence-electron chi connectivity index (χ1n) is 10.4. The molecule has 1 saturated heterocycles. The van der Waals surface area contributed by atoms with E-state index in [0.29, 0.717) is 25.5 Å². The Hall–Kier alpha value is -2.61. The zero-order valence-electron chi connectivity index (χ0n) is 17.4. The molecule has 0 bridgehead atoms. The van der Waals surface area contributed by atoms with E-state index in [1.165, 1.54) is 11.0 Å². The van der Waals surface area contributed by atoms with Gasteiger partial charge in [0.1, 0.15) is 32.4 Å². The second kappa shape index (κ2) is 9.47. The van der Waals surface area contributed by atoms with E-state index >= 15 is 0 Å². The molecule has 3 rings (SSSR count). The van der Waals surface area contributed by atoms with Gasteiger partial charge in [0, 0.05) is 11.8 Å². The highest BCUT2D eigenvalue weighted by Gasteiger charge is 2.33. The molecule has 1 aromatic heterocycles. The molecule has 1 aliphatic heterocycles. The van der Waals surface area contributed by atoms with Crippen molar-refractivity contribution in [2.75, 3.05) is 42.9 Å². The number of anilines is 2. The molecule has 0 aliphatic carbocycles. The van der Waals surface area contributed by atoms with Gasteiger partial charge in [0.05, 0.1) is 5.56 Å². The lowest BCUT2D eigenvalue weighted by Crippen LogP contribution is -3.15. The van der Waals surface area contributed by atoms with Crippen LogP contribution in [0.5, 0.6) is 0 Å². The highest BCUT2D eigenvalue weighted by molar-refractivity contribution is 5.93. The van der Waals surface area contributed by atoms with E-state index in [2.05, 4.69) is 24.1 Å². The number of pyridine rings is 1. The smallest absolute Gasteiger partial charge is 0.321 e. The first-order chi connectivity index (χ1) is 14.3. The second-order valence-corrected chi connectivity index (χ2v) is 7.58. The first-order valence-corrected chi connectivity index (χ1v) is 10.4. The van der Waals surface area contributed by atoms with Crippen LogP contribution in [0, 0.1) is 0 Å². The number of para-hydroxylation sites is 1. The molecule has 2 heterocycles. The maximum Gasteiger partial charge on any atom is 0.419 e. The van der Waals surface area contributed by atoms with Crippen molar-refractivity contribution in [3.05, 3.63) is 53.2 Å². The van der Waals surface area contributed by atoms with Crippen LogP contribution in [0.3, 0.4) is 0 Å². The predicted molar refractivity (Wildman–Crippen MR) is 110 cm³/mol. The van der Waals surface area contributed by atoms with Crippen molar-refractivity contribution in [1.82, 2.24) is 0 Å². The fourth-order valence-corrected chi connectivity index (χ4v) is 3.84. The predicted octanol–water partition coefficient (Wildman–Crippen LogP) is 1.99. The number of piperazine rings is 1. The largest absolute Gasteiger partial charge is 0.419 e. The molecule has 0 unspecified atom stereocenters. The van der Waals surface area contributed by atoms with Gasteiger partial charge < -0.3 is 10.2 Å². The molecule has 1 aliphatic rings. The molecule has 1 amide bonds. The summed E-state index contributed by atoms with van der Waals surface area (Å²) >= 11 is 0. The molecule has 0 saturated carbocycles. The SMILES string of the molecule is CCc1cccc(CC)c1NC(=O)C[NH+]1CCN(c2ccc(C(F)(F)F)c[nH+]2)CC1. The van der Waals surface area contributed by atoms with E-state index in [4.69, 9.17) is 0 Å². The lowest BCUT2D eigenvalue weighted by molar-refractivity contribution is -0.892. The quantitative estimate of drug-likeness (QED) is 0.748. The third-order valence-electron chi connectivity index (χ3n) is 5.61. The number of quaternary nitrogens is 1. The summed E-state index contributed by atoms with van der Waals surface area (Å²) < 4.78 is 38.1. The molecule has 0 spiro atoms. The minimum atomic E-state index is -4.35. The first kappa shape index (κ1) is 22.1. The van der Waals surface area contributed by atoms with Gasteiger partial charge in [-0.1, -0.05) is 32.0 Å².